The van der Waals surface area contributed by atoms with Crippen molar-refractivity contribution in [3.8, 4) is 0 Å². The van der Waals surface area contributed by atoms with Gasteiger partial charge in [-0.3, -0.25) is 9.59 Å². The molecule has 6 heteroatoms. The second kappa shape index (κ2) is 7.76. The molecule has 1 fully saturated rings. The monoisotopic (exact) mass is 360 g/mol. The molecule has 1 aromatic rings. The maximum absolute atomic E-state index is 12.2. The van der Waals surface area contributed by atoms with Crippen LogP contribution in [0, 0.1) is 5.92 Å². The molecule has 2 aliphatic rings. The third-order valence-corrected chi connectivity index (χ3v) is 5.46. The second-order valence-corrected chi connectivity index (χ2v) is 6.98. The smallest absolute Gasteiger partial charge is 0.231 e. The number of hydrogen-bond donors (Lipinski definition) is 1. The van der Waals surface area contributed by atoms with Crippen molar-refractivity contribution in [3.05, 3.63) is 29.3 Å². The molecular formula is C20H28N2O4. The lowest BCUT2D eigenvalue weighted by atomic mass is 9.98. The van der Waals surface area contributed by atoms with E-state index in [1.165, 1.54) is 0 Å². The van der Waals surface area contributed by atoms with E-state index >= 15 is 0 Å². The highest BCUT2D eigenvalue weighted by Gasteiger charge is 2.39. The molecule has 1 saturated heterocycles. The number of nitrogens with one attached hydrogen (secondary N) is 1. The molecule has 0 bridgehead atoms. The fourth-order valence-electron chi connectivity index (χ4n) is 3.77. The molecule has 2 heterocycles. The lowest BCUT2D eigenvalue weighted by molar-refractivity contribution is -0.170. The van der Waals surface area contributed by atoms with Crippen LogP contribution in [-0.2, 0) is 31.3 Å². The Bertz CT molecular complexity index is 678. The Morgan fingerprint density at radius 2 is 1.96 bits per heavy atom. The van der Waals surface area contributed by atoms with Gasteiger partial charge in [0.15, 0.2) is 5.79 Å². The maximum atomic E-state index is 12.2. The van der Waals surface area contributed by atoms with Crippen LogP contribution < -0.4 is 10.2 Å². The fourth-order valence-corrected chi connectivity index (χ4v) is 3.77. The van der Waals surface area contributed by atoms with Gasteiger partial charge in [-0.2, -0.15) is 0 Å². The molecule has 0 unspecified atom stereocenters. The van der Waals surface area contributed by atoms with Crippen LogP contribution >= 0.6 is 0 Å². The number of nitrogens with zero attached hydrogens (tertiary/aromatic N) is 1. The standard InChI is InChI=1S/C20H28N2O4/c1-4-14(5-2)19(24)21-9-8-20(25-10-11-26-20)16-6-7-17-15(12-16)13-18(23)22(17)3/h6-7,12,14H,4-5,8-11,13H2,1-3H3,(H,21,24). The molecule has 26 heavy (non-hydrogen) atoms. The van der Waals surface area contributed by atoms with E-state index in [9.17, 15) is 9.59 Å². The molecule has 0 aromatic heterocycles. The van der Waals surface area contributed by atoms with Gasteiger partial charge in [0.25, 0.3) is 0 Å². The number of benzene rings is 1. The number of rotatable bonds is 7. The molecule has 3 rings (SSSR count). The summed E-state index contributed by atoms with van der Waals surface area (Å²) in [4.78, 5) is 25.8. The number of hydrogen-bond acceptors (Lipinski definition) is 4. The van der Waals surface area contributed by atoms with Crippen molar-refractivity contribution in [2.24, 2.45) is 5.92 Å². The van der Waals surface area contributed by atoms with Crippen molar-refractivity contribution < 1.29 is 19.1 Å². The molecule has 2 amide bonds. The Kier molecular flexibility index (Phi) is 5.63. The summed E-state index contributed by atoms with van der Waals surface area (Å²) in [5.41, 5.74) is 2.84. The van der Waals surface area contributed by atoms with Gasteiger partial charge >= 0.3 is 0 Å². The molecule has 1 N–H and O–H groups in total. The van der Waals surface area contributed by atoms with E-state index in [0.717, 1.165) is 29.7 Å². The van der Waals surface area contributed by atoms with Crippen molar-refractivity contribution in [2.75, 3.05) is 31.7 Å². The fraction of sp³-hybridized carbons (Fsp3) is 0.600. The summed E-state index contributed by atoms with van der Waals surface area (Å²) in [6, 6.07) is 5.91. The van der Waals surface area contributed by atoms with E-state index in [4.69, 9.17) is 9.47 Å². The van der Waals surface area contributed by atoms with Gasteiger partial charge in [-0.25, -0.2) is 0 Å². The highest BCUT2D eigenvalue weighted by atomic mass is 16.7. The molecule has 0 radical (unpaired) electrons. The summed E-state index contributed by atoms with van der Waals surface area (Å²) >= 11 is 0. The summed E-state index contributed by atoms with van der Waals surface area (Å²) < 4.78 is 11.9. The Hall–Kier alpha value is -1.92. The van der Waals surface area contributed by atoms with E-state index < -0.39 is 5.79 Å². The number of carbonyl (C=O) groups is 2. The van der Waals surface area contributed by atoms with Crippen LogP contribution in [0.2, 0.25) is 0 Å². The molecule has 2 aliphatic heterocycles. The first-order chi connectivity index (χ1) is 12.5. The van der Waals surface area contributed by atoms with Gasteiger partial charge in [-0.05, 0) is 30.5 Å². The molecule has 6 nitrogen and oxygen atoms in total. The van der Waals surface area contributed by atoms with Gasteiger partial charge in [0.1, 0.15) is 0 Å². The Balaban J connectivity index is 1.72. The van der Waals surface area contributed by atoms with Crippen LogP contribution in [0.3, 0.4) is 0 Å². The second-order valence-electron chi connectivity index (χ2n) is 6.98. The zero-order valence-corrected chi connectivity index (χ0v) is 15.8. The topological polar surface area (TPSA) is 67.9 Å². The summed E-state index contributed by atoms with van der Waals surface area (Å²) in [5.74, 6) is -0.611. The average molecular weight is 360 g/mol. The molecule has 0 aliphatic carbocycles. The van der Waals surface area contributed by atoms with E-state index in [1.54, 1.807) is 11.9 Å². The van der Waals surface area contributed by atoms with Crippen LogP contribution in [0.25, 0.3) is 0 Å². The molecule has 1 aromatic carbocycles. The summed E-state index contributed by atoms with van der Waals surface area (Å²) in [7, 11) is 1.79. The number of ether oxygens (including phenoxy) is 2. The lowest BCUT2D eigenvalue weighted by Gasteiger charge is -2.29. The minimum absolute atomic E-state index is 0.0536. The summed E-state index contributed by atoms with van der Waals surface area (Å²) in [6.07, 6.45) is 2.63. The SMILES string of the molecule is CCC(CC)C(=O)NCCC1(c2ccc3c(c2)CC(=O)N3C)OCCO1. The maximum Gasteiger partial charge on any atom is 0.231 e. The number of anilines is 1. The summed E-state index contributed by atoms with van der Waals surface area (Å²) in [6.45, 7) is 5.60. The van der Waals surface area contributed by atoms with Crippen molar-refractivity contribution in [1.29, 1.82) is 0 Å². The predicted molar refractivity (Wildman–Crippen MR) is 98.8 cm³/mol. The number of fused-ring (bicyclic) bond motifs is 1. The number of carbonyl (C=O) groups excluding carboxylic acids is 2. The van der Waals surface area contributed by atoms with Crippen LogP contribution in [0.5, 0.6) is 0 Å². The van der Waals surface area contributed by atoms with Crippen LogP contribution in [-0.4, -0.2) is 38.6 Å². The molecule has 0 atom stereocenters. The third kappa shape index (κ3) is 3.48. The van der Waals surface area contributed by atoms with Crippen LogP contribution in [0.15, 0.2) is 18.2 Å². The molecular weight excluding hydrogens is 332 g/mol. The first-order valence-electron chi connectivity index (χ1n) is 9.46. The first-order valence-corrected chi connectivity index (χ1v) is 9.46. The van der Waals surface area contributed by atoms with Gasteiger partial charge in [0, 0.05) is 37.2 Å². The first kappa shape index (κ1) is 18.9. The summed E-state index contributed by atoms with van der Waals surface area (Å²) in [5, 5.41) is 3.01. The number of amides is 2. The Labute approximate surface area is 154 Å². The molecule has 0 saturated carbocycles. The van der Waals surface area contributed by atoms with Gasteiger partial charge in [0.2, 0.25) is 11.8 Å². The number of likely N-dealkylation sites (N-methyl/N-ethyl adjacent to an activating group) is 1. The highest BCUT2D eigenvalue weighted by molar-refractivity contribution is 6.00. The predicted octanol–water partition coefficient (Wildman–Crippen LogP) is 2.35. The minimum atomic E-state index is -0.847. The Morgan fingerprint density at radius 1 is 1.27 bits per heavy atom. The van der Waals surface area contributed by atoms with Crippen molar-refractivity contribution in [3.63, 3.8) is 0 Å². The Morgan fingerprint density at radius 3 is 2.62 bits per heavy atom. The van der Waals surface area contributed by atoms with Crippen molar-refractivity contribution >= 4 is 17.5 Å². The zero-order chi connectivity index (χ0) is 18.7. The van der Waals surface area contributed by atoms with Gasteiger partial charge in [0.05, 0.1) is 19.6 Å². The van der Waals surface area contributed by atoms with E-state index in [0.29, 0.717) is 32.6 Å². The zero-order valence-electron chi connectivity index (χ0n) is 15.8. The van der Waals surface area contributed by atoms with Gasteiger partial charge in [-0.1, -0.05) is 19.9 Å². The van der Waals surface area contributed by atoms with Crippen LogP contribution in [0.1, 0.15) is 44.2 Å². The van der Waals surface area contributed by atoms with Crippen molar-refractivity contribution in [1.82, 2.24) is 5.32 Å². The average Bonchev–Trinajstić information content (AvgIpc) is 3.22. The quantitative estimate of drug-likeness (QED) is 0.810. The largest absolute Gasteiger partial charge is 0.356 e. The van der Waals surface area contributed by atoms with E-state index in [2.05, 4.69) is 5.32 Å². The van der Waals surface area contributed by atoms with Crippen LogP contribution in [0.4, 0.5) is 5.69 Å². The highest BCUT2D eigenvalue weighted by Crippen LogP contribution is 2.38. The van der Waals surface area contributed by atoms with Crippen molar-refractivity contribution in [2.45, 2.75) is 45.3 Å². The lowest BCUT2D eigenvalue weighted by Crippen LogP contribution is -2.36. The third-order valence-electron chi connectivity index (χ3n) is 5.46. The molecule has 142 valence electrons. The molecule has 0 spiro atoms. The minimum Gasteiger partial charge on any atom is -0.356 e. The van der Waals surface area contributed by atoms with E-state index in [-0.39, 0.29) is 17.7 Å². The van der Waals surface area contributed by atoms with E-state index in [1.807, 2.05) is 32.0 Å². The van der Waals surface area contributed by atoms with Gasteiger partial charge < -0.3 is 19.7 Å². The van der Waals surface area contributed by atoms with Gasteiger partial charge in [-0.15, -0.1) is 0 Å². The normalized spacial score (nSPS) is 18.5.